The summed E-state index contributed by atoms with van der Waals surface area (Å²) in [7, 11) is 0. The van der Waals surface area contributed by atoms with Gasteiger partial charge in [-0.3, -0.25) is 9.17 Å². The van der Waals surface area contributed by atoms with Crippen molar-refractivity contribution in [2.75, 3.05) is 29.9 Å². The predicted molar refractivity (Wildman–Crippen MR) is 144 cm³/mol. The minimum Gasteiger partial charge on any atom is -0.356 e. The van der Waals surface area contributed by atoms with Crippen molar-refractivity contribution < 1.29 is 8.39 Å². The molecule has 0 radical (unpaired) electrons. The van der Waals surface area contributed by atoms with Gasteiger partial charge in [-0.15, -0.1) is 0 Å². The van der Waals surface area contributed by atoms with Crippen LogP contribution in [0.3, 0.4) is 0 Å². The highest BCUT2D eigenvalue weighted by atomic mass is 32.2. The van der Waals surface area contributed by atoms with Gasteiger partial charge in [0.15, 0.2) is 11.1 Å². The molecule has 1 atom stereocenters. The number of fused-ring (bicyclic) bond motifs is 1. The number of benzene rings is 2. The molecule has 0 saturated carbocycles. The second-order valence-electron chi connectivity index (χ2n) is 9.19. The third-order valence-corrected chi connectivity index (χ3v) is 7.64. The van der Waals surface area contributed by atoms with E-state index in [0.29, 0.717) is 25.0 Å². The molecule has 0 spiro atoms. The van der Waals surface area contributed by atoms with E-state index in [1.807, 2.05) is 67.7 Å². The fourth-order valence-electron chi connectivity index (χ4n) is 4.51. The molecule has 2 aromatic heterocycles. The van der Waals surface area contributed by atoms with E-state index in [2.05, 4.69) is 21.3 Å². The number of aryl methyl sites for hydroxylation is 1. The maximum Gasteiger partial charge on any atom is 0.225 e. The number of hydrogen-bond donors (Lipinski definition) is 1. The largest absolute Gasteiger partial charge is 0.356 e. The molecule has 5 rings (SSSR count). The number of rotatable bonds is 9. The number of aromatic nitrogens is 3. The smallest absolute Gasteiger partial charge is 0.225 e. The quantitative estimate of drug-likeness (QED) is 0.334. The molecule has 0 amide bonds. The molecule has 2 aromatic carbocycles. The van der Waals surface area contributed by atoms with Crippen molar-refractivity contribution in [2.24, 2.45) is 5.92 Å². The third kappa shape index (κ3) is 6.06. The van der Waals surface area contributed by atoms with Gasteiger partial charge in [0.2, 0.25) is 5.95 Å². The van der Waals surface area contributed by atoms with E-state index in [1.165, 1.54) is 0 Å². The van der Waals surface area contributed by atoms with E-state index in [1.54, 1.807) is 6.20 Å². The van der Waals surface area contributed by atoms with Crippen LogP contribution in [-0.4, -0.2) is 38.9 Å². The van der Waals surface area contributed by atoms with Crippen LogP contribution in [0.5, 0.6) is 0 Å². The highest BCUT2D eigenvalue weighted by Gasteiger charge is 2.22. The second-order valence-corrected chi connectivity index (χ2v) is 10.4. The predicted octanol–water partition coefficient (Wildman–Crippen LogP) is 5.29. The summed E-state index contributed by atoms with van der Waals surface area (Å²) in [6.07, 6.45) is 6.63. The first-order chi connectivity index (χ1) is 17.7. The van der Waals surface area contributed by atoms with Crippen molar-refractivity contribution in [1.29, 1.82) is 0 Å². The fraction of sp³-hybridized carbons (Fsp3) is 0.321. The summed E-state index contributed by atoms with van der Waals surface area (Å²) >= 11 is -1.41. The van der Waals surface area contributed by atoms with E-state index >= 15 is 0 Å². The zero-order valence-corrected chi connectivity index (χ0v) is 21.3. The molecule has 1 saturated heterocycles. The number of nitrogens with one attached hydrogen (secondary N) is 1. The van der Waals surface area contributed by atoms with Gasteiger partial charge in [0, 0.05) is 37.4 Å². The molecule has 1 N–H and O–H groups in total. The van der Waals surface area contributed by atoms with Crippen molar-refractivity contribution >= 4 is 33.7 Å². The first-order valence-corrected chi connectivity index (χ1v) is 13.5. The van der Waals surface area contributed by atoms with Crippen LogP contribution in [0, 0.1) is 12.8 Å². The number of para-hydroxylation sites is 1. The summed E-state index contributed by atoms with van der Waals surface area (Å²) in [6.45, 7) is 5.00. The van der Waals surface area contributed by atoms with Crippen molar-refractivity contribution in [1.82, 2.24) is 15.0 Å². The molecule has 7 nitrogen and oxygen atoms in total. The Morgan fingerprint density at radius 1 is 1.03 bits per heavy atom. The minimum absolute atomic E-state index is 0.504. The Morgan fingerprint density at radius 2 is 1.83 bits per heavy atom. The Bertz CT molecular complexity index is 1310. The zero-order chi connectivity index (χ0) is 24.7. The van der Waals surface area contributed by atoms with Crippen molar-refractivity contribution in [3.63, 3.8) is 0 Å². The Kier molecular flexibility index (Phi) is 7.83. The van der Waals surface area contributed by atoms with Crippen LogP contribution >= 0.6 is 0 Å². The van der Waals surface area contributed by atoms with Gasteiger partial charge in [-0.05, 0) is 68.0 Å². The van der Waals surface area contributed by atoms with Gasteiger partial charge in [0.1, 0.15) is 5.82 Å². The molecule has 0 aliphatic carbocycles. The van der Waals surface area contributed by atoms with Crippen LogP contribution in [0.15, 0.2) is 78.0 Å². The molecule has 1 aliphatic rings. The molecule has 1 fully saturated rings. The zero-order valence-electron chi connectivity index (χ0n) is 20.5. The summed E-state index contributed by atoms with van der Waals surface area (Å²) in [6, 6.07) is 19.8. The van der Waals surface area contributed by atoms with Crippen LogP contribution in [0.2, 0.25) is 0 Å². The standard InChI is InChI=1S/C28H31N5O2S/c1-21-8-10-24(11-9-21)36(34)35-18-14-22-12-16-33(17-13-22)27-25-6-2-3-7-26(25)31-28(32-27)30-20-23-5-4-15-29-19-23/h2-11,15,19,22H,12-14,16-18,20H2,1H3,(H,30,31,32). The average Bonchev–Trinajstić information content (AvgIpc) is 2.93. The summed E-state index contributed by atoms with van der Waals surface area (Å²) in [5, 5.41) is 4.43. The lowest BCUT2D eigenvalue weighted by Gasteiger charge is -2.33. The minimum atomic E-state index is -1.41. The van der Waals surface area contributed by atoms with Crippen LogP contribution in [0.4, 0.5) is 11.8 Å². The number of pyridine rings is 1. The van der Waals surface area contributed by atoms with Crippen molar-refractivity contribution in [3.8, 4) is 0 Å². The van der Waals surface area contributed by atoms with E-state index in [-0.39, 0.29) is 0 Å². The van der Waals surface area contributed by atoms with Gasteiger partial charge in [-0.2, -0.15) is 4.98 Å². The normalized spacial score (nSPS) is 15.2. The van der Waals surface area contributed by atoms with E-state index < -0.39 is 11.1 Å². The summed E-state index contributed by atoms with van der Waals surface area (Å²) in [5.41, 5.74) is 3.17. The van der Waals surface area contributed by atoms with Gasteiger partial charge in [-0.25, -0.2) is 9.19 Å². The van der Waals surface area contributed by atoms with E-state index in [9.17, 15) is 4.21 Å². The maximum atomic E-state index is 12.4. The summed E-state index contributed by atoms with van der Waals surface area (Å²) in [4.78, 5) is 16.9. The van der Waals surface area contributed by atoms with Crippen LogP contribution in [0.25, 0.3) is 10.9 Å². The topological polar surface area (TPSA) is 80.2 Å². The monoisotopic (exact) mass is 501 g/mol. The molecular formula is C28H31N5O2S. The Hall–Kier alpha value is -3.36. The molecule has 0 bridgehead atoms. The third-order valence-electron chi connectivity index (χ3n) is 6.60. The Balaban J connectivity index is 1.18. The lowest BCUT2D eigenvalue weighted by Crippen LogP contribution is -2.35. The summed E-state index contributed by atoms with van der Waals surface area (Å²) in [5.74, 6) is 2.15. The van der Waals surface area contributed by atoms with Gasteiger partial charge >= 0.3 is 0 Å². The molecule has 4 aromatic rings. The van der Waals surface area contributed by atoms with Crippen LogP contribution in [-0.2, 0) is 21.8 Å². The lowest BCUT2D eigenvalue weighted by atomic mass is 9.94. The number of hydrogen-bond acceptors (Lipinski definition) is 7. The maximum absolute atomic E-state index is 12.4. The van der Waals surface area contributed by atoms with Crippen LogP contribution in [0.1, 0.15) is 30.4 Å². The van der Waals surface area contributed by atoms with Gasteiger partial charge in [0.25, 0.3) is 0 Å². The molecular weight excluding hydrogens is 470 g/mol. The molecule has 3 heterocycles. The lowest BCUT2D eigenvalue weighted by molar-refractivity contribution is 0.276. The van der Waals surface area contributed by atoms with Gasteiger partial charge < -0.3 is 10.2 Å². The molecule has 1 aliphatic heterocycles. The molecule has 8 heteroatoms. The number of nitrogens with zero attached hydrogens (tertiary/aromatic N) is 4. The SMILES string of the molecule is Cc1ccc(S(=O)OCCC2CCN(c3nc(NCc4cccnc4)nc4ccccc34)CC2)cc1. The van der Waals surface area contributed by atoms with Gasteiger partial charge in [0.05, 0.1) is 17.0 Å². The average molecular weight is 502 g/mol. The van der Waals surface area contributed by atoms with Crippen molar-refractivity contribution in [3.05, 3.63) is 84.2 Å². The molecule has 186 valence electrons. The van der Waals surface area contributed by atoms with E-state index in [0.717, 1.165) is 65.1 Å². The highest BCUT2D eigenvalue weighted by molar-refractivity contribution is 7.80. The van der Waals surface area contributed by atoms with Crippen LogP contribution < -0.4 is 10.2 Å². The molecule has 1 unspecified atom stereocenters. The highest BCUT2D eigenvalue weighted by Crippen LogP contribution is 2.30. The van der Waals surface area contributed by atoms with E-state index in [4.69, 9.17) is 14.2 Å². The summed E-state index contributed by atoms with van der Waals surface area (Å²) < 4.78 is 18.0. The Labute approximate surface area is 214 Å². The fourth-order valence-corrected chi connectivity index (χ4v) is 5.25. The second kappa shape index (κ2) is 11.6. The number of piperidine rings is 1. The van der Waals surface area contributed by atoms with Gasteiger partial charge in [-0.1, -0.05) is 35.9 Å². The van der Waals surface area contributed by atoms with Crippen molar-refractivity contribution in [2.45, 2.75) is 37.6 Å². The number of anilines is 2. The Morgan fingerprint density at radius 3 is 2.61 bits per heavy atom. The molecule has 36 heavy (non-hydrogen) atoms. The first kappa shape index (κ1) is 24.3. The first-order valence-electron chi connectivity index (χ1n) is 12.4.